The third kappa shape index (κ3) is 20.6. The lowest BCUT2D eigenvalue weighted by Crippen LogP contribution is -2.66. The van der Waals surface area contributed by atoms with Crippen LogP contribution in [0.5, 0.6) is 0 Å². The molecule has 0 aliphatic rings. The molecule has 13 heteroatoms. The van der Waals surface area contributed by atoms with Gasteiger partial charge in [0, 0.05) is 5.57 Å². The molecule has 0 spiro atoms. The Hall–Kier alpha value is -2.53. The van der Waals surface area contributed by atoms with E-state index in [4.69, 9.17) is 51.8 Å². The highest BCUT2D eigenvalue weighted by atomic mass is 28.4. The van der Waals surface area contributed by atoms with Crippen LogP contribution in [0.15, 0.2) is 72.8 Å². The lowest BCUT2D eigenvalue weighted by molar-refractivity contribution is -0.140. The predicted octanol–water partition coefficient (Wildman–Crippen LogP) is 3.83. The fourth-order valence-electron chi connectivity index (χ4n) is 5.19. The van der Waals surface area contributed by atoms with Gasteiger partial charge < -0.3 is 51.8 Å². The first-order chi connectivity index (χ1) is 25.8. The number of rotatable bonds is 34. The van der Waals surface area contributed by atoms with Crippen LogP contribution in [0.1, 0.15) is 27.7 Å². The smallest absolute Gasteiger partial charge is 0.333 e. The standard InChI is InChI=1S/C40H64O12Si/c1-36(2)39(41)51-34-32-49-30-28-47-26-24-45-22-20-43-18-16-42-17-19-44-21-23-46-25-27-48-29-31-50-33-35-52-53(40(3,4)5,37-12-8-6-9-13-37)38-14-10-7-11-15-38/h6-15H,1,16-35H2,2-5H3. The molecule has 12 nitrogen and oxygen atoms in total. The quantitative estimate of drug-likeness (QED) is 0.0446. The van der Waals surface area contributed by atoms with Crippen molar-refractivity contribution in [2.75, 3.05) is 132 Å². The molecule has 2 aromatic carbocycles. The summed E-state index contributed by atoms with van der Waals surface area (Å²) in [6.45, 7) is 21.2. The van der Waals surface area contributed by atoms with Crippen LogP contribution in [0, 0.1) is 0 Å². The van der Waals surface area contributed by atoms with E-state index in [2.05, 4.69) is 88.0 Å². The summed E-state index contributed by atoms with van der Waals surface area (Å²) in [5.41, 5.74) is 0.370. The van der Waals surface area contributed by atoms with E-state index in [1.54, 1.807) is 6.92 Å². The Morgan fingerprint density at radius 3 is 1.00 bits per heavy atom. The highest BCUT2D eigenvalue weighted by molar-refractivity contribution is 6.99. The van der Waals surface area contributed by atoms with Gasteiger partial charge in [-0.05, 0) is 22.3 Å². The minimum absolute atomic E-state index is 0.0602. The van der Waals surface area contributed by atoms with Crippen molar-refractivity contribution in [2.45, 2.75) is 32.7 Å². The third-order valence-corrected chi connectivity index (χ3v) is 12.8. The minimum Gasteiger partial charge on any atom is -0.460 e. The number of carbonyl (C=O) groups is 1. The Balaban J connectivity index is 1.32. The van der Waals surface area contributed by atoms with Crippen LogP contribution in [0.25, 0.3) is 0 Å². The van der Waals surface area contributed by atoms with Gasteiger partial charge in [-0.3, -0.25) is 0 Å². The molecule has 0 aromatic heterocycles. The van der Waals surface area contributed by atoms with Crippen LogP contribution in [-0.4, -0.2) is 146 Å². The molecule has 53 heavy (non-hydrogen) atoms. The fourth-order valence-corrected chi connectivity index (χ4v) is 9.74. The summed E-state index contributed by atoms with van der Waals surface area (Å²) < 4.78 is 61.6. The summed E-state index contributed by atoms with van der Waals surface area (Å²) in [5, 5.41) is 2.47. The zero-order valence-corrected chi connectivity index (χ0v) is 33.5. The number of carbonyl (C=O) groups excluding carboxylic acids is 1. The van der Waals surface area contributed by atoms with Gasteiger partial charge in [-0.2, -0.15) is 0 Å². The molecular formula is C40H64O12Si. The summed E-state index contributed by atoms with van der Waals surface area (Å²) in [6.07, 6.45) is 0. The lowest BCUT2D eigenvalue weighted by Gasteiger charge is -2.43. The summed E-state index contributed by atoms with van der Waals surface area (Å²) in [7, 11) is -2.54. The molecule has 0 atom stereocenters. The number of ether oxygens (including phenoxy) is 10. The van der Waals surface area contributed by atoms with Crippen LogP contribution in [0.2, 0.25) is 5.04 Å². The molecular weight excluding hydrogens is 701 g/mol. The van der Waals surface area contributed by atoms with Crippen molar-refractivity contribution in [1.82, 2.24) is 0 Å². The number of esters is 1. The number of hydrogen-bond donors (Lipinski definition) is 0. The van der Waals surface area contributed by atoms with Crippen molar-refractivity contribution in [3.8, 4) is 0 Å². The van der Waals surface area contributed by atoms with Gasteiger partial charge in [0.05, 0.1) is 126 Å². The van der Waals surface area contributed by atoms with E-state index in [9.17, 15) is 4.79 Å². The van der Waals surface area contributed by atoms with E-state index >= 15 is 0 Å². The van der Waals surface area contributed by atoms with Gasteiger partial charge >= 0.3 is 5.97 Å². The van der Waals surface area contributed by atoms with Crippen LogP contribution >= 0.6 is 0 Å². The second-order valence-corrected chi connectivity index (χ2v) is 17.2. The van der Waals surface area contributed by atoms with Crippen molar-refractivity contribution in [2.24, 2.45) is 0 Å². The maximum absolute atomic E-state index is 11.2. The monoisotopic (exact) mass is 764 g/mol. The minimum atomic E-state index is -2.54. The molecule has 2 aromatic rings. The van der Waals surface area contributed by atoms with Crippen molar-refractivity contribution >= 4 is 24.7 Å². The zero-order chi connectivity index (χ0) is 38.3. The van der Waals surface area contributed by atoms with E-state index in [1.807, 2.05) is 0 Å². The first-order valence-electron chi connectivity index (χ1n) is 18.6. The maximum Gasteiger partial charge on any atom is 0.333 e. The molecule has 2 rings (SSSR count). The first kappa shape index (κ1) is 46.6. The molecule has 0 heterocycles. The SMILES string of the molecule is C=C(C)C(=O)OCCOCCOCCOCCOCCOCCOCCOCCOCCOCCO[Si](c1ccccc1)(c1ccccc1)C(C)(C)C. The van der Waals surface area contributed by atoms with Gasteiger partial charge in [0.25, 0.3) is 8.32 Å². The Kier molecular flexibility index (Phi) is 26.2. The normalized spacial score (nSPS) is 11.9. The molecule has 0 unspecified atom stereocenters. The molecule has 0 saturated carbocycles. The van der Waals surface area contributed by atoms with Gasteiger partial charge in [-0.25, -0.2) is 4.79 Å². The average Bonchev–Trinajstić information content (AvgIpc) is 3.15. The van der Waals surface area contributed by atoms with Gasteiger partial charge in [-0.15, -0.1) is 0 Å². The maximum atomic E-state index is 11.2. The number of benzene rings is 2. The van der Waals surface area contributed by atoms with E-state index in [0.29, 0.717) is 131 Å². The van der Waals surface area contributed by atoms with E-state index in [0.717, 1.165) is 0 Å². The van der Waals surface area contributed by atoms with E-state index < -0.39 is 14.3 Å². The fraction of sp³-hybridized carbons (Fsp3) is 0.625. The van der Waals surface area contributed by atoms with E-state index in [1.165, 1.54) is 10.4 Å². The van der Waals surface area contributed by atoms with Crippen LogP contribution in [-0.2, 0) is 56.6 Å². The molecule has 0 saturated heterocycles. The molecule has 0 N–H and O–H groups in total. The van der Waals surface area contributed by atoms with Gasteiger partial charge in [0.1, 0.15) is 6.61 Å². The second kappa shape index (κ2) is 29.8. The summed E-state index contributed by atoms with van der Waals surface area (Å²) in [4.78, 5) is 11.2. The summed E-state index contributed by atoms with van der Waals surface area (Å²) >= 11 is 0. The highest BCUT2D eigenvalue weighted by Crippen LogP contribution is 2.36. The zero-order valence-electron chi connectivity index (χ0n) is 32.5. The van der Waals surface area contributed by atoms with Crippen molar-refractivity contribution < 1.29 is 56.6 Å². The predicted molar refractivity (Wildman–Crippen MR) is 207 cm³/mol. The molecule has 300 valence electrons. The topological polar surface area (TPSA) is 119 Å². The Morgan fingerprint density at radius 2 is 0.736 bits per heavy atom. The summed E-state index contributed by atoms with van der Waals surface area (Å²) in [5.74, 6) is -0.413. The lowest BCUT2D eigenvalue weighted by atomic mass is 10.2. The third-order valence-electron chi connectivity index (χ3n) is 7.75. The van der Waals surface area contributed by atoms with Gasteiger partial charge in [-0.1, -0.05) is 88.0 Å². The van der Waals surface area contributed by atoms with Crippen LogP contribution in [0.3, 0.4) is 0 Å². The first-order valence-corrected chi connectivity index (χ1v) is 20.5. The second-order valence-electron chi connectivity index (χ2n) is 12.9. The Labute approximate surface area is 318 Å². The van der Waals surface area contributed by atoms with Crippen molar-refractivity contribution in [3.63, 3.8) is 0 Å². The van der Waals surface area contributed by atoms with Gasteiger partial charge in [0.2, 0.25) is 0 Å². The van der Waals surface area contributed by atoms with Crippen molar-refractivity contribution in [1.29, 1.82) is 0 Å². The van der Waals surface area contributed by atoms with Crippen LogP contribution in [0.4, 0.5) is 0 Å². The molecule has 0 bridgehead atoms. The largest absolute Gasteiger partial charge is 0.460 e. The Bertz CT molecular complexity index is 1140. The van der Waals surface area contributed by atoms with E-state index in [-0.39, 0.29) is 11.6 Å². The molecule has 0 aliphatic heterocycles. The average molecular weight is 765 g/mol. The van der Waals surface area contributed by atoms with Crippen LogP contribution < -0.4 is 10.4 Å². The Morgan fingerprint density at radius 1 is 0.472 bits per heavy atom. The highest BCUT2D eigenvalue weighted by Gasteiger charge is 2.50. The molecule has 0 fully saturated rings. The van der Waals surface area contributed by atoms with Crippen molar-refractivity contribution in [3.05, 3.63) is 72.8 Å². The molecule has 0 radical (unpaired) electrons. The molecule has 0 amide bonds. The molecule has 0 aliphatic carbocycles. The van der Waals surface area contributed by atoms with Gasteiger partial charge in [0.15, 0.2) is 0 Å². The number of hydrogen-bond acceptors (Lipinski definition) is 12. The summed E-state index contributed by atoms with van der Waals surface area (Å²) in [6, 6.07) is 21.2.